The molecule has 1 aliphatic rings. The highest BCUT2D eigenvalue weighted by atomic mass is 32.2. The molecule has 27 heavy (non-hydrogen) atoms. The fraction of sp³-hybridized carbons (Fsp3) is 0.333. The van der Waals surface area contributed by atoms with Gasteiger partial charge >= 0.3 is 6.29 Å². The summed E-state index contributed by atoms with van der Waals surface area (Å²) in [6, 6.07) is 2.49. The molecule has 0 spiro atoms. The van der Waals surface area contributed by atoms with Crippen LogP contribution in [-0.2, 0) is 14.8 Å². The van der Waals surface area contributed by atoms with E-state index in [4.69, 9.17) is 4.52 Å². The second kappa shape index (κ2) is 6.46. The van der Waals surface area contributed by atoms with Gasteiger partial charge < -0.3 is 19.3 Å². The normalized spacial score (nSPS) is 16.2. The molecule has 0 saturated heterocycles. The molecule has 0 unspecified atom stereocenters. The van der Waals surface area contributed by atoms with Gasteiger partial charge in [0.15, 0.2) is 17.3 Å². The van der Waals surface area contributed by atoms with E-state index in [-0.39, 0.29) is 33.5 Å². The van der Waals surface area contributed by atoms with Crippen molar-refractivity contribution >= 4 is 21.6 Å². The van der Waals surface area contributed by atoms with Gasteiger partial charge in [-0.25, -0.2) is 8.42 Å². The molecule has 0 saturated carbocycles. The third-order valence-corrected chi connectivity index (χ3v) is 5.41. The molecule has 9 nitrogen and oxygen atoms in total. The average molecular weight is 403 g/mol. The smallest absolute Gasteiger partial charge is 0.395 e. The van der Waals surface area contributed by atoms with Gasteiger partial charge in [0, 0.05) is 11.8 Å². The minimum atomic E-state index is -4.05. The number of ether oxygens (including phenoxy) is 2. The van der Waals surface area contributed by atoms with E-state index in [1.54, 1.807) is 0 Å². The van der Waals surface area contributed by atoms with Crippen LogP contribution in [0.1, 0.15) is 18.4 Å². The predicted octanol–water partition coefficient (Wildman–Crippen LogP) is 1.92. The summed E-state index contributed by atoms with van der Waals surface area (Å²) in [4.78, 5) is 12.1. The molecule has 1 aromatic carbocycles. The van der Waals surface area contributed by atoms with Gasteiger partial charge in [-0.2, -0.15) is 4.72 Å². The number of carbonyl (C=O) groups is 1. The molecule has 3 rings (SSSR count). The molecular formula is C15H15F2N3O6S. The first kappa shape index (κ1) is 19.0. The van der Waals surface area contributed by atoms with Gasteiger partial charge in [0.2, 0.25) is 15.9 Å². The number of carbonyl (C=O) groups excluding carboxylic acids is 1. The van der Waals surface area contributed by atoms with Crippen molar-refractivity contribution in [1.29, 1.82) is 0 Å². The number of alkyl halides is 2. The number of halogens is 2. The Labute approximate surface area is 152 Å². The number of benzene rings is 1. The van der Waals surface area contributed by atoms with Crippen LogP contribution in [0.25, 0.3) is 0 Å². The Hall–Kier alpha value is -2.73. The third kappa shape index (κ3) is 3.85. The molecule has 1 aromatic heterocycles. The summed E-state index contributed by atoms with van der Waals surface area (Å²) in [5, 5.41) is 5.98. The van der Waals surface area contributed by atoms with Gasteiger partial charge in [0.05, 0.1) is 6.04 Å². The van der Waals surface area contributed by atoms with Crippen LogP contribution < -0.4 is 19.5 Å². The van der Waals surface area contributed by atoms with E-state index >= 15 is 0 Å². The van der Waals surface area contributed by atoms with Crippen molar-refractivity contribution < 1.29 is 36.0 Å². The van der Waals surface area contributed by atoms with Gasteiger partial charge in [0.1, 0.15) is 10.6 Å². The highest BCUT2D eigenvalue weighted by Crippen LogP contribution is 2.42. The van der Waals surface area contributed by atoms with Crippen molar-refractivity contribution in [3.05, 3.63) is 29.7 Å². The monoisotopic (exact) mass is 403 g/mol. The van der Waals surface area contributed by atoms with E-state index in [1.807, 2.05) is 0 Å². The molecule has 1 atom stereocenters. The van der Waals surface area contributed by atoms with E-state index in [9.17, 15) is 22.0 Å². The molecule has 0 aliphatic carbocycles. The molecule has 0 bridgehead atoms. The SMILES string of the molecule is Cc1noc(C)c1S(=O)(=O)N[C@@H](C)C(=O)Nc1ccc2c(c1)OC(F)(F)O2. The number of hydrogen-bond donors (Lipinski definition) is 2. The Morgan fingerprint density at radius 2 is 1.89 bits per heavy atom. The maximum absolute atomic E-state index is 13.0. The number of nitrogens with zero attached hydrogens (tertiary/aromatic N) is 1. The predicted molar refractivity (Wildman–Crippen MR) is 87.0 cm³/mol. The zero-order chi connectivity index (χ0) is 20.0. The van der Waals surface area contributed by atoms with E-state index in [2.05, 4.69) is 24.7 Å². The molecule has 146 valence electrons. The van der Waals surface area contributed by atoms with Gasteiger partial charge in [0.25, 0.3) is 0 Å². The number of aromatic nitrogens is 1. The molecule has 2 N–H and O–H groups in total. The van der Waals surface area contributed by atoms with E-state index in [0.29, 0.717) is 0 Å². The fourth-order valence-corrected chi connectivity index (χ4v) is 4.01. The lowest BCUT2D eigenvalue weighted by Crippen LogP contribution is -2.41. The third-order valence-electron chi connectivity index (χ3n) is 3.63. The largest absolute Gasteiger partial charge is 0.586 e. The number of rotatable bonds is 5. The Kier molecular flexibility index (Phi) is 4.56. The van der Waals surface area contributed by atoms with Crippen LogP contribution >= 0.6 is 0 Å². The Bertz CT molecular complexity index is 985. The molecule has 1 aliphatic heterocycles. The van der Waals surface area contributed by atoms with Crippen molar-refractivity contribution in [1.82, 2.24) is 9.88 Å². The quantitative estimate of drug-likeness (QED) is 0.783. The maximum atomic E-state index is 13.0. The van der Waals surface area contributed by atoms with Crippen molar-refractivity contribution in [3.63, 3.8) is 0 Å². The number of fused-ring (bicyclic) bond motifs is 1. The first-order valence-electron chi connectivity index (χ1n) is 7.64. The average Bonchev–Trinajstić information content (AvgIpc) is 3.03. The van der Waals surface area contributed by atoms with Gasteiger partial charge in [-0.05, 0) is 32.9 Å². The van der Waals surface area contributed by atoms with Gasteiger partial charge in [-0.1, -0.05) is 5.16 Å². The lowest BCUT2D eigenvalue weighted by Gasteiger charge is -2.14. The summed E-state index contributed by atoms with van der Waals surface area (Å²) >= 11 is 0. The highest BCUT2D eigenvalue weighted by Gasteiger charge is 2.43. The van der Waals surface area contributed by atoms with E-state index in [0.717, 1.165) is 6.07 Å². The zero-order valence-corrected chi connectivity index (χ0v) is 15.2. The van der Waals surface area contributed by atoms with Crippen LogP contribution in [0.2, 0.25) is 0 Å². The number of aryl methyl sites for hydroxylation is 2. The van der Waals surface area contributed by atoms with Crippen LogP contribution in [-0.4, -0.2) is 31.8 Å². The summed E-state index contributed by atoms with van der Waals surface area (Å²) in [5.41, 5.74) is 0.285. The van der Waals surface area contributed by atoms with Crippen LogP contribution in [0.5, 0.6) is 11.5 Å². The lowest BCUT2D eigenvalue weighted by atomic mass is 10.2. The van der Waals surface area contributed by atoms with Crippen LogP contribution in [0.3, 0.4) is 0 Å². The number of sulfonamides is 1. The molecule has 2 heterocycles. The molecular weight excluding hydrogens is 388 g/mol. The second-order valence-electron chi connectivity index (χ2n) is 5.81. The maximum Gasteiger partial charge on any atom is 0.586 e. The summed E-state index contributed by atoms with van der Waals surface area (Å²) in [6.45, 7) is 4.21. The second-order valence-corrected chi connectivity index (χ2v) is 7.47. The van der Waals surface area contributed by atoms with E-state index in [1.165, 1.54) is 32.9 Å². The number of anilines is 1. The standard InChI is InChI=1S/C15H15F2N3O6S/c1-7-13(9(3)26-19-7)27(22,23)20-8(2)14(21)18-10-4-5-11-12(6-10)25-15(16,17)24-11/h4-6,8,20H,1-3H3,(H,18,21)/t8-/m0/s1. The Balaban J connectivity index is 1.70. The first-order chi connectivity index (χ1) is 12.5. The van der Waals surface area contributed by atoms with Crippen molar-refractivity contribution in [3.8, 4) is 11.5 Å². The number of nitrogens with one attached hydrogen (secondary N) is 2. The summed E-state index contributed by atoms with van der Waals surface area (Å²) < 4.78 is 66.5. The van der Waals surface area contributed by atoms with Crippen molar-refractivity contribution in [2.75, 3.05) is 5.32 Å². The topological polar surface area (TPSA) is 120 Å². The molecule has 1 amide bonds. The zero-order valence-electron chi connectivity index (χ0n) is 14.4. The lowest BCUT2D eigenvalue weighted by molar-refractivity contribution is -0.286. The van der Waals surface area contributed by atoms with Crippen LogP contribution in [0, 0.1) is 13.8 Å². The number of hydrogen-bond acceptors (Lipinski definition) is 7. The Morgan fingerprint density at radius 3 is 2.52 bits per heavy atom. The molecule has 12 heteroatoms. The van der Waals surface area contributed by atoms with Gasteiger partial charge in [-0.15, -0.1) is 8.78 Å². The summed E-state index contributed by atoms with van der Waals surface area (Å²) in [5.74, 6) is -1.05. The Morgan fingerprint density at radius 1 is 1.22 bits per heavy atom. The minimum absolute atomic E-state index is 0.0873. The minimum Gasteiger partial charge on any atom is -0.395 e. The first-order valence-corrected chi connectivity index (χ1v) is 9.13. The summed E-state index contributed by atoms with van der Waals surface area (Å²) in [7, 11) is -4.05. The van der Waals surface area contributed by atoms with Gasteiger partial charge in [-0.3, -0.25) is 4.79 Å². The fourth-order valence-electron chi connectivity index (χ4n) is 2.48. The number of amides is 1. The molecule has 0 fully saturated rings. The van der Waals surface area contributed by atoms with Crippen molar-refractivity contribution in [2.45, 2.75) is 38.0 Å². The summed E-state index contributed by atoms with van der Waals surface area (Å²) in [6.07, 6.45) is -3.78. The molecule has 0 radical (unpaired) electrons. The molecule has 2 aromatic rings. The van der Waals surface area contributed by atoms with E-state index < -0.39 is 28.3 Å². The van der Waals surface area contributed by atoms with Crippen LogP contribution in [0.15, 0.2) is 27.6 Å². The van der Waals surface area contributed by atoms with Crippen molar-refractivity contribution in [2.24, 2.45) is 0 Å². The highest BCUT2D eigenvalue weighted by molar-refractivity contribution is 7.89. The van der Waals surface area contributed by atoms with Crippen LogP contribution in [0.4, 0.5) is 14.5 Å².